The van der Waals surface area contributed by atoms with Crippen LogP contribution in [-0.2, 0) is 18.4 Å². The van der Waals surface area contributed by atoms with E-state index in [1.165, 1.54) is 11.1 Å². The van der Waals surface area contributed by atoms with E-state index >= 15 is 0 Å². The number of thioether (sulfide) groups is 1. The molecular formula is C23H27ClN2S. The van der Waals surface area contributed by atoms with Crippen LogP contribution in [0, 0.1) is 0 Å². The van der Waals surface area contributed by atoms with Crippen molar-refractivity contribution < 1.29 is 0 Å². The zero-order valence-electron chi connectivity index (χ0n) is 16.2. The highest BCUT2D eigenvalue weighted by atomic mass is 35.5. The molecule has 0 aliphatic heterocycles. The van der Waals surface area contributed by atoms with Gasteiger partial charge in [-0.05, 0) is 41.5 Å². The van der Waals surface area contributed by atoms with E-state index < -0.39 is 0 Å². The Labute approximate surface area is 172 Å². The van der Waals surface area contributed by atoms with Crippen LogP contribution < -0.4 is 0 Å². The molecule has 4 heteroatoms. The number of aryl methyl sites for hydroxylation is 1. The smallest absolute Gasteiger partial charge is 0.0946 e. The van der Waals surface area contributed by atoms with Gasteiger partial charge >= 0.3 is 0 Å². The average molecular weight is 399 g/mol. The third-order valence-electron chi connectivity index (χ3n) is 4.68. The molecule has 0 aliphatic carbocycles. The molecule has 1 heterocycles. The molecule has 0 N–H and O–H groups in total. The van der Waals surface area contributed by atoms with E-state index in [2.05, 4.69) is 60.7 Å². The minimum atomic E-state index is 0.197. The molecule has 0 amide bonds. The van der Waals surface area contributed by atoms with Crippen LogP contribution in [-0.4, -0.2) is 14.8 Å². The first-order valence-corrected chi connectivity index (χ1v) is 10.6. The minimum Gasteiger partial charge on any atom is -0.336 e. The predicted octanol–water partition coefficient (Wildman–Crippen LogP) is 6.63. The summed E-state index contributed by atoms with van der Waals surface area (Å²) in [4.78, 5) is 5.32. The largest absolute Gasteiger partial charge is 0.336 e. The van der Waals surface area contributed by atoms with E-state index in [0.29, 0.717) is 5.25 Å². The maximum atomic E-state index is 6.39. The number of benzene rings is 2. The Hall–Kier alpha value is -1.71. The van der Waals surface area contributed by atoms with Gasteiger partial charge in [0.1, 0.15) is 0 Å². The number of imidazole rings is 1. The van der Waals surface area contributed by atoms with Crippen LogP contribution in [0.3, 0.4) is 0 Å². The summed E-state index contributed by atoms with van der Waals surface area (Å²) in [6, 6.07) is 17.2. The predicted molar refractivity (Wildman–Crippen MR) is 117 cm³/mol. The summed E-state index contributed by atoms with van der Waals surface area (Å²) in [5.74, 6) is 0. The maximum absolute atomic E-state index is 6.39. The van der Waals surface area contributed by atoms with Gasteiger partial charge in [-0.15, -0.1) is 11.8 Å². The van der Waals surface area contributed by atoms with Crippen molar-refractivity contribution in [2.45, 2.75) is 55.7 Å². The van der Waals surface area contributed by atoms with Crippen LogP contribution in [0.5, 0.6) is 0 Å². The lowest BCUT2D eigenvalue weighted by molar-refractivity contribution is 0.589. The summed E-state index contributed by atoms with van der Waals surface area (Å²) in [5.41, 5.74) is 2.97. The van der Waals surface area contributed by atoms with Crippen LogP contribution in [0.2, 0.25) is 5.02 Å². The van der Waals surface area contributed by atoms with Crippen LogP contribution >= 0.6 is 23.4 Å². The van der Waals surface area contributed by atoms with Crippen molar-refractivity contribution in [2.75, 3.05) is 0 Å². The SMILES string of the molecule is CC(C)(C)c1ccc(CCC(Cn2ccnc2)Sc2ccccc2Cl)cc1. The third kappa shape index (κ3) is 5.88. The molecule has 2 nitrogen and oxygen atoms in total. The molecule has 0 radical (unpaired) electrons. The van der Waals surface area contributed by atoms with Gasteiger partial charge in [-0.25, -0.2) is 4.98 Å². The first-order valence-electron chi connectivity index (χ1n) is 9.38. The Morgan fingerprint density at radius 1 is 1.07 bits per heavy atom. The molecule has 142 valence electrons. The van der Waals surface area contributed by atoms with Crippen LogP contribution in [0.15, 0.2) is 72.1 Å². The highest BCUT2D eigenvalue weighted by molar-refractivity contribution is 8.00. The molecule has 0 spiro atoms. The molecule has 0 bridgehead atoms. The van der Waals surface area contributed by atoms with Crippen molar-refractivity contribution in [2.24, 2.45) is 0 Å². The molecule has 27 heavy (non-hydrogen) atoms. The number of hydrogen-bond acceptors (Lipinski definition) is 2. The topological polar surface area (TPSA) is 17.8 Å². The highest BCUT2D eigenvalue weighted by Crippen LogP contribution is 2.33. The van der Waals surface area contributed by atoms with Crippen LogP contribution in [0.25, 0.3) is 0 Å². The Morgan fingerprint density at radius 2 is 1.81 bits per heavy atom. The Morgan fingerprint density at radius 3 is 2.44 bits per heavy atom. The van der Waals surface area contributed by atoms with E-state index in [1.54, 1.807) is 0 Å². The van der Waals surface area contributed by atoms with Gasteiger partial charge in [-0.1, -0.05) is 68.8 Å². The van der Waals surface area contributed by atoms with Crippen LogP contribution in [0.4, 0.5) is 0 Å². The molecular weight excluding hydrogens is 372 g/mol. The summed E-state index contributed by atoms with van der Waals surface area (Å²) >= 11 is 8.25. The second kappa shape index (κ2) is 8.99. The summed E-state index contributed by atoms with van der Waals surface area (Å²) < 4.78 is 2.15. The second-order valence-electron chi connectivity index (χ2n) is 7.92. The summed E-state index contributed by atoms with van der Waals surface area (Å²) in [6.07, 6.45) is 7.89. The molecule has 0 aliphatic rings. The first kappa shape index (κ1) is 20.0. The van der Waals surface area contributed by atoms with E-state index in [0.717, 1.165) is 29.3 Å². The zero-order chi connectivity index (χ0) is 19.3. The second-order valence-corrected chi connectivity index (χ2v) is 9.66. The van der Waals surface area contributed by atoms with Crippen molar-refractivity contribution in [3.63, 3.8) is 0 Å². The van der Waals surface area contributed by atoms with Gasteiger partial charge < -0.3 is 4.57 Å². The zero-order valence-corrected chi connectivity index (χ0v) is 17.8. The Bertz CT molecular complexity index is 836. The summed E-state index contributed by atoms with van der Waals surface area (Å²) in [6.45, 7) is 7.69. The maximum Gasteiger partial charge on any atom is 0.0946 e. The van der Waals surface area contributed by atoms with Crippen molar-refractivity contribution in [1.82, 2.24) is 9.55 Å². The molecule has 2 aromatic carbocycles. The number of rotatable bonds is 7. The van der Waals surface area contributed by atoms with Crippen molar-refractivity contribution in [1.29, 1.82) is 0 Å². The van der Waals surface area contributed by atoms with Gasteiger partial charge in [0.15, 0.2) is 0 Å². The molecule has 0 saturated carbocycles. The molecule has 1 unspecified atom stereocenters. The quantitative estimate of drug-likeness (QED) is 0.416. The Balaban J connectivity index is 1.68. The van der Waals surface area contributed by atoms with Gasteiger partial charge in [-0.3, -0.25) is 0 Å². The fourth-order valence-electron chi connectivity index (χ4n) is 3.04. The normalized spacial score (nSPS) is 12.9. The Kier molecular flexibility index (Phi) is 6.67. The minimum absolute atomic E-state index is 0.197. The fourth-order valence-corrected chi connectivity index (χ4v) is 4.48. The summed E-state index contributed by atoms with van der Waals surface area (Å²) in [5, 5.41) is 1.26. The lowest BCUT2D eigenvalue weighted by Crippen LogP contribution is -2.14. The average Bonchev–Trinajstić information content (AvgIpc) is 3.14. The van der Waals surface area contributed by atoms with E-state index in [4.69, 9.17) is 11.6 Å². The molecule has 3 rings (SSSR count). The summed E-state index contributed by atoms with van der Waals surface area (Å²) in [7, 11) is 0. The fraction of sp³-hybridized carbons (Fsp3) is 0.348. The van der Waals surface area contributed by atoms with Crippen LogP contribution in [0.1, 0.15) is 38.3 Å². The van der Waals surface area contributed by atoms with Crippen molar-refractivity contribution >= 4 is 23.4 Å². The van der Waals surface area contributed by atoms with Gasteiger partial charge in [0.25, 0.3) is 0 Å². The number of hydrogen-bond donors (Lipinski definition) is 0. The molecule has 3 aromatic rings. The van der Waals surface area contributed by atoms with Gasteiger partial charge in [-0.2, -0.15) is 0 Å². The monoisotopic (exact) mass is 398 g/mol. The molecule has 1 atom stereocenters. The van der Waals surface area contributed by atoms with Crippen molar-refractivity contribution in [3.8, 4) is 0 Å². The van der Waals surface area contributed by atoms with E-state index in [-0.39, 0.29) is 5.41 Å². The highest BCUT2D eigenvalue weighted by Gasteiger charge is 2.15. The van der Waals surface area contributed by atoms with Gasteiger partial charge in [0, 0.05) is 29.1 Å². The number of nitrogens with zero attached hydrogens (tertiary/aromatic N) is 2. The van der Waals surface area contributed by atoms with Gasteiger partial charge in [0.05, 0.1) is 11.3 Å². The number of halogens is 1. The standard InChI is InChI=1S/C23H27ClN2S/c1-23(2,3)19-11-8-18(9-12-19)10-13-20(16-26-15-14-25-17-26)27-22-7-5-4-6-21(22)24/h4-9,11-12,14-15,17,20H,10,13,16H2,1-3H3. The number of aromatic nitrogens is 2. The van der Waals surface area contributed by atoms with Crippen molar-refractivity contribution in [3.05, 3.63) is 83.4 Å². The molecule has 0 saturated heterocycles. The van der Waals surface area contributed by atoms with E-state index in [9.17, 15) is 0 Å². The van der Waals surface area contributed by atoms with Gasteiger partial charge in [0.2, 0.25) is 0 Å². The lowest BCUT2D eigenvalue weighted by Gasteiger charge is -2.20. The van der Waals surface area contributed by atoms with E-state index in [1.807, 2.05) is 48.7 Å². The molecule has 0 fully saturated rings. The lowest BCUT2D eigenvalue weighted by atomic mass is 9.86. The first-order chi connectivity index (χ1) is 12.9. The third-order valence-corrected chi connectivity index (χ3v) is 6.45. The molecule has 1 aromatic heterocycles.